The van der Waals surface area contributed by atoms with Gasteiger partial charge in [0.25, 0.3) is 0 Å². The summed E-state index contributed by atoms with van der Waals surface area (Å²) in [7, 11) is 0. The van der Waals surface area contributed by atoms with Crippen LogP contribution in [-0.4, -0.2) is 41.5 Å². The van der Waals surface area contributed by atoms with Gasteiger partial charge in [0.15, 0.2) is 0 Å². The normalized spacial score (nSPS) is 14.2. The zero-order valence-electron chi connectivity index (χ0n) is 12.5. The minimum absolute atomic E-state index is 0.314. The topological polar surface area (TPSA) is 70.6 Å². The smallest absolute Gasteiger partial charge is 0.407 e. The first kappa shape index (κ1) is 17.2. The molecule has 0 aliphatic carbocycles. The summed E-state index contributed by atoms with van der Waals surface area (Å²) in [5.41, 5.74) is -0.775. The van der Waals surface area contributed by atoms with Gasteiger partial charge >= 0.3 is 6.09 Å². The highest BCUT2D eigenvalue weighted by Gasteiger charge is 2.22. The van der Waals surface area contributed by atoms with E-state index in [9.17, 15) is 9.90 Å². The lowest BCUT2D eigenvalue weighted by molar-refractivity contribution is 0.0525. The second-order valence-corrected chi connectivity index (χ2v) is 6.11. The largest absolute Gasteiger partial charge is 0.444 e. The van der Waals surface area contributed by atoms with Crippen LogP contribution in [0, 0.1) is 0 Å². The highest BCUT2D eigenvalue weighted by Crippen LogP contribution is 2.08. The quantitative estimate of drug-likeness (QED) is 0.635. The Hall–Kier alpha value is -0.810. The van der Waals surface area contributed by atoms with Crippen molar-refractivity contribution in [1.29, 1.82) is 0 Å². The summed E-state index contributed by atoms with van der Waals surface area (Å²) in [6.07, 6.45) is -0.0244. The highest BCUT2D eigenvalue weighted by molar-refractivity contribution is 5.67. The monoisotopic (exact) mass is 260 g/mol. The van der Waals surface area contributed by atoms with Crippen LogP contribution in [-0.2, 0) is 4.74 Å². The van der Waals surface area contributed by atoms with Crippen molar-refractivity contribution >= 4 is 6.09 Å². The number of carbonyl (C=O) groups excluding carboxylic acids is 1. The van der Waals surface area contributed by atoms with E-state index in [-0.39, 0.29) is 5.54 Å². The van der Waals surface area contributed by atoms with E-state index in [1.807, 2.05) is 34.6 Å². The van der Waals surface area contributed by atoms with Gasteiger partial charge in [-0.25, -0.2) is 4.79 Å². The van der Waals surface area contributed by atoms with E-state index in [2.05, 4.69) is 10.6 Å². The third-order valence-corrected chi connectivity index (χ3v) is 2.65. The SMILES string of the molecule is CC(O)C(C)(C)NCCCNC(=O)OC(C)(C)C. The molecule has 18 heavy (non-hydrogen) atoms. The van der Waals surface area contributed by atoms with Crippen LogP contribution in [0.3, 0.4) is 0 Å². The molecular weight excluding hydrogens is 232 g/mol. The molecule has 0 rings (SSSR count). The predicted molar refractivity (Wildman–Crippen MR) is 72.6 cm³/mol. The molecule has 0 aromatic heterocycles. The molecule has 0 aliphatic heterocycles. The van der Waals surface area contributed by atoms with Crippen molar-refractivity contribution in [3.8, 4) is 0 Å². The van der Waals surface area contributed by atoms with E-state index in [1.165, 1.54) is 0 Å². The molecule has 5 heteroatoms. The Kier molecular flexibility index (Phi) is 6.63. The van der Waals surface area contributed by atoms with Crippen molar-refractivity contribution in [1.82, 2.24) is 10.6 Å². The lowest BCUT2D eigenvalue weighted by atomic mass is 9.99. The lowest BCUT2D eigenvalue weighted by Crippen LogP contribution is -2.49. The van der Waals surface area contributed by atoms with E-state index < -0.39 is 17.8 Å². The number of aliphatic hydroxyl groups excluding tert-OH is 1. The van der Waals surface area contributed by atoms with Gasteiger partial charge in [-0.05, 0) is 54.5 Å². The highest BCUT2D eigenvalue weighted by atomic mass is 16.6. The average Bonchev–Trinajstić information content (AvgIpc) is 2.13. The molecule has 0 heterocycles. The first-order valence-corrected chi connectivity index (χ1v) is 6.44. The maximum absolute atomic E-state index is 11.3. The fourth-order valence-electron chi connectivity index (χ4n) is 1.15. The molecule has 0 spiro atoms. The molecule has 0 saturated heterocycles. The number of hydrogen-bond donors (Lipinski definition) is 3. The summed E-state index contributed by atoms with van der Waals surface area (Å²) in [4.78, 5) is 11.3. The lowest BCUT2D eigenvalue weighted by Gasteiger charge is -2.29. The molecular formula is C13H28N2O3. The number of alkyl carbamates (subject to hydrolysis) is 1. The van der Waals surface area contributed by atoms with Gasteiger partial charge in [-0.1, -0.05) is 0 Å². The number of aliphatic hydroxyl groups is 1. The van der Waals surface area contributed by atoms with Gasteiger partial charge in [0.2, 0.25) is 0 Å². The molecule has 0 saturated carbocycles. The third-order valence-electron chi connectivity index (χ3n) is 2.65. The van der Waals surface area contributed by atoms with Gasteiger partial charge in [0.1, 0.15) is 5.60 Å². The van der Waals surface area contributed by atoms with Crippen LogP contribution >= 0.6 is 0 Å². The molecule has 0 aliphatic rings. The van der Waals surface area contributed by atoms with Crippen LogP contribution in [0.2, 0.25) is 0 Å². The molecule has 0 fully saturated rings. The fraction of sp³-hybridized carbons (Fsp3) is 0.923. The first-order chi connectivity index (χ1) is 8.04. The summed E-state index contributed by atoms with van der Waals surface area (Å²) in [6, 6.07) is 0. The Labute approximate surface area is 110 Å². The van der Waals surface area contributed by atoms with Crippen molar-refractivity contribution in [2.45, 2.75) is 65.2 Å². The van der Waals surface area contributed by atoms with Crippen LogP contribution in [0.4, 0.5) is 4.79 Å². The number of carbonyl (C=O) groups is 1. The Balaban J connectivity index is 3.67. The van der Waals surface area contributed by atoms with E-state index in [1.54, 1.807) is 6.92 Å². The fourth-order valence-corrected chi connectivity index (χ4v) is 1.15. The number of ether oxygens (including phenoxy) is 1. The van der Waals surface area contributed by atoms with Crippen LogP contribution in [0.5, 0.6) is 0 Å². The minimum atomic E-state index is -0.462. The molecule has 5 nitrogen and oxygen atoms in total. The molecule has 0 aromatic rings. The summed E-state index contributed by atoms with van der Waals surface area (Å²) in [5.74, 6) is 0. The maximum Gasteiger partial charge on any atom is 0.407 e. The molecule has 108 valence electrons. The zero-order chi connectivity index (χ0) is 14.4. The summed E-state index contributed by atoms with van der Waals surface area (Å²) < 4.78 is 5.11. The molecule has 0 aromatic carbocycles. The Bertz CT molecular complexity index is 257. The third kappa shape index (κ3) is 8.31. The van der Waals surface area contributed by atoms with Crippen molar-refractivity contribution in [3.63, 3.8) is 0 Å². The van der Waals surface area contributed by atoms with Crippen molar-refractivity contribution in [2.24, 2.45) is 0 Å². The Morgan fingerprint density at radius 1 is 1.22 bits per heavy atom. The standard InChI is InChI=1S/C13H28N2O3/c1-10(16)13(5,6)15-9-7-8-14-11(17)18-12(2,3)4/h10,15-16H,7-9H2,1-6H3,(H,14,17). The van der Waals surface area contributed by atoms with Crippen LogP contribution in [0.25, 0.3) is 0 Å². The van der Waals surface area contributed by atoms with Crippen molar-refractivity contribution < 1.29 is 14.6 Å². The van der Waals surface area contributed by atoms with Gasteiger partial charge in [-0.15, -0.1) is 0 Å². The number of hydrogen-bond acceptors (Lipinski definition) is 4. The van der Waals surface area contributed by atoms with Gasteiger partial charge in [-0.3, -0.25) is 0 Å². The summed E-state index contributed by atoms with van der Waals surface area (Å²) >= 11 is 0. The number of amides is 1. The molecule has 1 atom stereocenters. The van der Waals surface area contributed by atoms with E-state index >= 15 is 0 Å². The second-order valence-electron chi connectivity index (χ2n) is 6.11. The average molecular weight is 260 g/mol. The van der Waals surface area contributed by atoms with E-state index in [4.69, 9.17) is 4.74 Å². The molecule has 0 radical (unpaired) electrons. The summed E-state index contributed by atoms with van der Waals surface area (Å²) in [5, 5.41) is 15.4. The maximum atomic E-state index is 11.3. The van der Waals surface area contributed by atoms with Crippen LogP contribution in [0.15, 0.2) is 0 Å². The molecule has 3 N–H and O–H groups in total. The molecule has 1 amide bonds. The first-order valence-electron chi connectivity index (χ1n) is 6.44. The minimum Gasteiger partial charge on any atom is -0.444 e. The van der Waals surface area contributed by atoms with Gasteiger partial charge in [0, 0.05) is 12.1 Å². The van der Waals surface area contributed by atoms with E-state index in [0.717, 1.165) is 13.0 Å². The van der Waals surface area contributed by atoms with Gasteiger partial charge in [0.05, 0.1) is 6.10 Å². The Morgan fingerprint density at radius 3 is 2.22 bits per heavy atom. The molecule has 1 unspecified atom stereocenters. The predicted octanol–water partition coefficient (Wildman–Crippen LogP) is 1.65. The summed E-state index contributed by atoms with van der Waals surface area (Å²) in [6.45, 7) is 12.4. The van der Waals surface area contributed by atoms with Crippen LogP contribution < -0.4 is 10.6 Å². The van der Waals surface area contributed by atoms with Crippen molar-refractivity contribution in [3.05, 3.63) is 0 Å². The van der Waals surface area contributed by atoms with Crippen molar-refractivity contribution in [2.75, 3.05) is 13.1 Å². The van der Waals surface area contributed by atoms with Gasteiger partial charge < -0.3 is 20.5 Å². The van der Waals surface area contributed by atoms with Gasteiger partial charge in [-0.2, -0.15) is 0 Å². The second kappa shape index (κ2) is 6.95. The van der Waals surface area contributed by atoms with Crippen LogP contribution in [0.1, 0.15) is 48.0 Å². The Morgan fingerprint density at radius 2 is 1.78 bits per heavy atom. The van der Waals surface area contributed by atoms with E-state index in [0.29, 0.717) is 6.54 Å². The zero-order valence-corrected chi connectivity index (χ0v) is 12.5. The number of nitrogens with one attached hydrogen (secondary N) is 2. The number of rotatable bonds is 6. The molecule has 0 bridgehead atoms.